The predicted octanol–water partition coefficient (Wildman–Crippen LogP) is 19.7. The van der Waals surface area contributed by atoms with Crippen LogP contribution < -0.4 is 0 Å². The Morgan fingerprint density at radius 1 is 0.315 bits per heavy atom. The van der Waals surface area contributed by atoms with Crippen LogP contribution in [-0.2, 0) is 65.4 Å². The molecule has 19 heteroatoms. The smallest absolute Gasteiger partial charge is 0.462 e. The van der Waals surface area contributed by atoms with Crippen molar-refractivity contribution in [2.24, 2.45) is 23.7 Å². The number of ether oxygens (including phenoxy) is 4. The van der Waals surface area contributed by atoms with Crippen molar-refractivity contribution in [2.45, 2.75) is 363 Å². The van der Waals surface area contributed by atoms with Crippen molar-refractivity contribution in [2.75, 3.05) is 39.6 Å². The van der Waals surface area contributed by atoms with E-state index >= 15 is 0 Å². The van der Waals surface area contributed by atoms with Crippen LogP contribution in [0.4, 0.5) is 0 Å². The van der Waals surface area contributed by atoms with Crippen molar-refractivity contribution in [1.29, 1.82) is 0 Å². The zero-order chi connectivity index (χ0) is 66.1. The molecule has 0 saturated carbocycles. The van der Waals surface area contributed by atoms with Gasteiger partial charge in [0, 0.05) is 25.7 Å². The minimum atomic E-state index is -4.95. The van der Waals surface area contributed by atoms with Crippen LogP contribution in [0.25, 0.3) is 0 Å². The molecule has 6 atom stereocenters. The number of phosphoric ester groups is 2. The van der Waals surface area contributed by atoms with Crippen molar-refractivity contribution in [3.05, 3.63) is 0 Å². The summed E-state index contributed by atoms with van der Waals surface area (Å²) in [5.41, 5.74) is 0. The number of carbonyl (C=O) groups is 4. The quantitative estimate of drug-likeness (QED) is 0.0222. The SMILES string of the molecule is CCC(C)CCCCCCCCCCC(=O)O[C@H](COC(=O)CCCCCCCCCCC(C)C)COP(=O)(O)OCC(O)COP(=O)(O)OC[C@@H](COC(=O)CCCCCCCCCCCCC(C)C)OC(=O)CCCCCCCCCCCCC(C)C. The number of aliphatic hydroxyl groups is 1. The van der Waals surface area contributed by atoms with Gasteiger partial charge in [0.1, 0.15) is 19.3 Å². The van der Waals surface area contributed by atoms with E-state index in [2.05, 4.69) is 55.4 Å². The molecular formula is C70H136O17P2. The predicted molar refractivity (Wildman–Crippen MR) is 358 cm³/mol. The lowest BCUT2D eigenvalue weighted by molar-refractivity contribution is -0.161. The average Bonchev–Trinajstić information content (AvgIpc) is 3.54. The molecule has 0 radical (unpaired) electrons. The van der Waals surface area contributed by atoms with Gasteiger partial charge in [-0.3, -0.25) is 37.3 Å². The third-order valence-corrected chi connectivity index (χ3v) is 18.3. The summed E-state index contributed by atoms with van der Waals surface area (Å²) in [6, 6.07) is 0. The van der Waals surface area contributed by atoms with E-state index in [-0.39, 0.29) is 25.7 Å². The first kappa shape index (κ1) is 87.1. The van der Waals surface area contributed by atoms with Gasteiger partial charge in [-0.25, -0.2) is 9.13 Å². The van der Waals surface area contributed by atoms with Crippen molar-refractivity contribution in [1.82, 2.24) is 0 Å². The molecular weight excluding hydrogens is 1170 g/mol. The van der Waals surface area contributed by atoms with Crippen LogP contribution in [-0.4, -0.2) is 96.7 Å². The molecule has 528 valence electrons. The minimum absolute atomic E-state index is 0.104. The molecule has 0 bridgehead atoms. The second-order valence-electron chi connectivity index (χ2n) is 26.9. The van der Waals surface area contributed by atoms with Gasteiger partial charge in [0.2, 0.25) is 0 Å². The summed E-state index contributed by atoms with van der Waals surface area (Å²) in [5, 5.41) is 10.6. The Balaban J connectivity index is 5.27. The molecule has 0 spiro atoms. The lowest BCUT2D eigenvalue weighted by atomic mass is 9.99. The first-order valence-electron chi connectivity index (χ1n) is 36.2. The molecule has 89 heavy (non-hydrogen) atoms. The molecule has 0 aliphatic carbocycles. The van der Waals surface area contributed by atoms with Crippen LogP contribution in [0.1, 0.15) is 344 Å². The summed E-state index contributed by atoms with van der Waals surface area (Å²) in [6.45, 7) is 14.1. The zero-order valence-corrected chi connectivity index (χ0v) is 59.8. The normalized spacial score (nSPS) is 14.6. The molecule has 0 aromatic rings. The monoisotopic (exact) mass is 1310 g/mol. The summed E-state index contributed by atoms with van der Waals surface area (Å²) in [4.78, 5) is 72.6. The summed E-state index contributed by atoms with van der Waals surface area (Å²) in [7, 11) is -9.90. The lowest BCUT2D eigenvalue weighted by Crippen LogP contribution is -2.30. The number of phosphoric acid groups is 2. The lowest BCUT2D eigenvalue weighted by Gasteiger charge is -2.21. The minimum Gasteiger partial charge on any atom is -0.462 e. The Hall–Kier alpha value is -1.94. The Morgan fingerprint density at radius 3 is 0.798 bits per heavy atom. The number of rotatable bonds is 67. The van der Waals surface area contributed by atoms with Gasteiger partial charge in [0.05, 0.1) is 26.4 Å². The van der Waals surface area contributed by atoms with Crippen LogP contribution >= 0.6 is 15.6 Å². The second kappa shape index (κ2) is 59.8. The fourth-order valence-electron chi connectivity index (χ4n) is 10.5. The summed E-state index contributed by atoms with van der Waals surface area (Å²) in [6.07, 6.45) is 41.6. The van der Waals surface area contributed by atoms with E-state index in [4.69, 9.17) is 37.0 Å². The standard InChI is InChI=1S/C70H136O17P2/c1-9-63(8)49-41-33-25-19-21-29-37-45-53-70(75)87-66(57-81-68(73)51-43-35-27-20-18-24-32-40-48-62(6)7)59-85-89(78,79)83-55-64(71)54-82-88(76,77)84-58-65(86-69(74)52-44-36-28-17-13-11-15-23-31-39-47-61(4)5)56-80-67(72)50-42-34-26-16-12-10-14-22-30-38-46-60(2)3/h60-66,71H,9-59H2,1-8H3,(H,76,77)(H,78,79)/t63?,64?,65-,66-/m1/s1. The van der Waals surface area contributed by atoms with Gasteiger partial charge in [-0.1, -0.05) is 293 Å². The van der Waals surface area contributed by atoms with Crippen LogP contribution in [0.15, 0.2) is 0 Å². The fraction of sp³-hybridized carbons (Fsp3) is 0.943. The van der Waals surface area contributed by atoms with Crippen LogP contribution in [0.3, 0.4) is 0 Å². The molecule has 0 heterocycles. The molecule has 17 nitrogen and oxygen atoms in total. The molecule has 0 aliphatic heterocycles. The van der Waals surface area contributed by atoms with Crippen LogP contribution in [0.5, 0.6) is 0 Å². The summed E-state index contributed by atoms with van der Waals surface area (Å²) < 4.78 is 68.3. The molecule has 0 aromatic carbocycles. The van der Waals surface area contributed by atoms with Crippen molar-refractivity contribution < 1.29 is 80.2 Å². The Bertz CT molecular complexity index is 1770. The van der Waals surface area contributed by atoms with Gasteiger partial charge >= 0.3 is 39.5 Å². The molecule has 4 unspecified atom stereocenters. The first-order chi connectivity index (χ1) is 42.6. The fourth-order valence-corrected chi connectivity index (χ4v) is 12.0. The molecule has 0 aromatic heterocycles. The third kappa shape index (κ3) is 63.2. The second-order valence-corrected chi connectivity index (χ2v) is 29.8. The van der Waals surface area contributed by atoms with E-state index < -0.39 is 97.5 Å². The number of unbranched alkanes of at least 4 members (excludes halogenated alkanes) is 32. The Labute approximate surface area is 543 Å². The topological polar surface area (TPSA) is 237 Å². The van der Waals surface area contributed by atoms with Crippen molar-refractivity contribution in [3.8, 4) is 0 Å². The van der Waals surface area contributed by atoms with E-state index in [0.29, 0.717) is 25.7 Å². The molecule has 0 rings (SSSR count). The van der Waals surface area contributed by atoms with Gasteiger partial charge < -0.3 is 33.8 Å². The van der Waals surface area contributed by atoms with E-state index in [1.54, 1.807) is 0 Å². The third-order valence-electron chi connectivity index (χ3n) is 16.4. The van der Waals surface area contributed by atoms with E-state index in [9.17, 15) is 43.2 Å². The molecule has 0 fully saturated rings. The van der Waals surface area contributed by atoms with Gasteiger partial charge in [-0.15, -0.1) is 0 Å². The maximum Gasteiger partial charge on any atom is 0.472 e. The highest BCUT2D eigenvalue weighted by Crippen LogP contribution is 2.45. The Morgan fingerprint density at radius 2 is 0.539 bits per heavy atom. The highest BCUT2D eigenvalue weighted by molar-refractivity contribution is 7.47. The largest absolute Gasteiger partial charge is 0.472 e. The Kier molecular flexibility index (Phi) is 58.5. The number of aliphatic hydroxyl groups excluding tert-OH is 1. The van der Waals surface area contributed by atoms with Crippen LogP contribution in [0.2, 0.25) is 0 Å². The highest BCUT2D eigenvalue weighted by Gasteiger charge is 2.30. The molecule has 3 N–H and O–H groups in total. The first-order valence-corrected chi connectivity index (χ1v) is 39.2. The highest BCUT2D eigenvalue weighted by atomic mass is 31.2. The van der Waals surface area contributed by atoms with E-state index in [1.165, 1.54) is 148 Å². The maximum atomic E-state index is 13.0. The van der Waals surface area contributed by atoms with E-state index in [0.717, 1.165) is 114 Å². The maximum absolute atomic E-state index is 13.0. The average molecular weight is 1310 g/mol. The zero-order valence-electron chi connectivity index (χ0n) is 58.1. The van der Waals surface area contributed by atoms with Gasteiger partial charge in [0.15, 0.2) is 12.2 Å². The summed E-state index contributed by atoms with van der Waals surface area (Å²) >= 11 is 0. The van der Waals surface area contributed by atoms with E-state index in [1.807, 2.05) is 0 Å². The number of hydrogen-bond donors (Lipinski definition) is 3. The van der Waals surface area contributed by atoms with Crippen molar-refractivity contribution in [3.63, 3.8) is 0 Å². The molecule has 0 amide bonds. The number of esters is 4. The van der Waals surface area contributed by atoms with Gasteiger partial charge in [0.25, 0.3) is 0 Å². The number of carbonyl (C=O) groups excluding carboxylic acids is 4. The van der Waals surface area contributed by atoms with Crippen molar-refractivity contribution >= 4 is 39.5 Å². The number of hydrogen-bond acceptors (Lipinski definition) is 15. The van der Waals surface area contributed by atoms with Gasteiger partial charge in [-0.2, -0.15) is 0 Å². The molecule has 0 aliphatic rings. The summed E-state index contributed by atoms with van der Waals surface area (Å²) in [5.74, 6) is 0.876. The van der Waals surface area contributed by atoms with Gasteiger partial charge in [-0.05, 0) is 49.4 Å². The van der Waals surface area contributed by atoms with Crippen LogP contribution in [0, 0.1) is 23.7 Å². The molecule has 0 saturated heterocycles.